The smallest absolute Gasteiger partial charge is 0.308 e. The van der Waals surface area contributed by atoms with E-state index in [-0.39, 0.29) is 40.6 Å². The SMILES string of the molecule is CC(=O)OCc1c(OC(C)=O)ccc2c1OC(=Cc1ccccc1F)C2=O. The minimum Gasteiger partial charge on any atom is -0.461 e. The second-order valence-corrected chi connectivity index (χ2v) is 5.75. The lowest BCUT2D eigenvalue weighted by Crippen LogP contribution is -2.07. The fraction of sp³-hybridized carbons (Fsp3) is 0.150. The van der Waals surface area contributed by atoms with Crippen molar-refractivity contribution in [3.63, 3.8) is 0 Å². The van der Waals surface area contributed by atoms with E-state index in [0.29, 0.717) is 0 Å². The Labute approximate surface area is 154 Å². The molecule has 0 aromatic heterocycles. The quantitative estimate of drug-likeness (QED) is 0.466. The molecule has 7 heteroatoms. The van der Waals surface area contributed by atoms with Crippen LogP contribution >= 0.6 is 0 Å². The average molecular weight is 370 g/mol. The van der Waals surface area contributed by atoms with Crippen LogP contribution in [-0.2, 0) is 20.9 Å². The predicted molar refractivity (Wildman–Crippen MR) is 92.6 cm³/mol. The van der Waals surface area contributed by atoms with Crippen molar-refractivity contribution >= 4 is 23.8 Å². The standard InChI is InChI=1S/C20H15FO6/c1-11(22)25-10-15-17(26-12(2)23)8-7-14-19(24)18(27-20(14)15)9-13-5-3-4-6-16(13)21/h3-9H,10H2,1-2H3. The monoisotopic (exact) mass is 370 g/mol. The molecule has 0 amide bonds. The van der Waals surface area contributed by atoms with Gasteiger partial charge in [-0.25, -0.2) is 4.39 Å². The van der Waals surface area contributed by atoms with Crippen molar-refractivity contribution in [2.45, 2.75) is 20.5 Å². The van der Waals surface area contributed by atoms with E-state index >= 15 is 0 Å². The van der Waals surface area contributed by atoms with Crippen molar-refractivity contribution in [3.8, 4) is 11.5 Å². The van der Waals surface area contributed by atoms with Crippen molar-refractivity contribution in [1.82, 2.24) is 0 Å². The van der Waals surface area contributed by atoms with Gasteiger partial charge in [0.2, 0.25) is 5.78 Å². The topological polar surface area (TPSA) is 78.9 Å². The number of hydrogen-bond acceptors (Lipinski definition) is 6. The van der Waals surface area contributed by atoms with Crippen molar-refractivity contribution in [3.05, 3.63) is 64.7 Å². The maximum Gasteiger partial charge on any atom is 0.308 e. The van der Waals surface area contributed by atoms with E-state index in [1.807, 2.05) is 0 Å². The highest BCUT2D eigenvalue weighted by atomic mass is 19.1. The normalized spacial score (nSPS) is 13.9. The Balaban J connectivity index is 2.03. The van der Waals surface area contributed by atoms with Gasteiger partial charge in [0.05, 0.1) is 11.1 Å². The summed E-state index contributed by atoms with van der Waals surface area (Å²) in [6, 6.07) is 8.80. The molecule has 1 aliphatic heterocycles. The molecule has 0 N–H and O–H groups in total. The molecule has 0 spiro atoms. The van der Waals surface area contributed by atoms with Gasteiger partial charge in [-0.3, -0.25) is 14.4 Å². The highest BCUT2D eigenvalue weighted by Gasteiger charge is 2.32. The highest BCUT2D eigenvalue weighted by molar-refractivity contribution is 6.15. The lowest BCUT2D eigenvalue weighted by atomic mass is 10.0. The first-order chi connectivity index (χ1) is 12.9. The van der Waals surface area contributed by atoms with Crippen LogP contribution in [0, 0.1) is 5.82 Å². The number of halogens is 1. The van der Waals surface area contributed by atoms with Crippen LogP contribution < -0.4 is 9.47 Å². The van der Waals surface area contributed by atoms with Gasteiger partial charge in [-0.1, -0.05) is 18.2 Å². The molecule has 0 bridgehead atoms. The summed E-state index contributed by atoms with van der Waals surface area (Å²) in [6.07, 6.45) is 1.29. The van der Waals surface area contributed by atoms with Crippen LogP contribution in [0.2, 0.25) is 0 Å². The van der Waals surface area contributed by atoms with Gasteiger partial charge in [-0.05, 0) is 24.3 Å². The molecule has 0 aliphatic carbocycles. The van der Waals surface area contributed by atoms with Crippen molar-refractivity contribution in [2.24, 2.45) is 0 Å². The Hall–Kier alpha value is -3.48. The Morgan fingerprint density at radius 1 is 1.11 bits per heavy atom. The number of fused-ring (bicyclic) bond motifs is 1. The summed E-state index contributed by atoms with van der Waals surface area (Å²) in [5.41, 5.74) is 0.634. The van der Waals surface area contributed by atoms with Crippen LogP contribution in [0.15, 0.2) is 42.2 Å². The molecule has 6 nitrogen and oxygen atoms in total. The summed E-state index contributed by atoms with van der Waals surface area (Å²) in [5.74, 6) is -1.94. The van der Waals surface area contributed by atoms with Crippen LogP contribution in [0.4, 0.5) is 4.39 Å². The number of allylic oxidation sites excluding steroid dienone is 1. The number of ether oxygens (including phenoxy) is 3. The number of carbonyl (C=O) groups is 3. The zero-order chi connectivity index (χ0) is 19.6. The Morgan fingerprint density at radius 3 is 2.52 bits per heavy atom. The van der Waals surface area contributed by atoms with Crippen molar-refractivity contribution in [2.75, 3.05) is 0 Å². The number of hydrogen-bond donors (Lipinski definition) is 0. The lowest BCUT2D eigenvalue weighted by Gasteiger charge is -2.12. The van der Waals surface area contributed by atoms with E-state index in [2.05, 4.69) is 0 Å². The maximum atomic E-state index is 13.9. The maximum absolute atomic E-state index is 13.9. The molecule has 0 saturated carbocycles. The molecule has 0 fully saturated rings. The van der Waals surface area contributed by atoms with Crippen LogP contribution in [-0.4, -0.2) is 17.7 Å². The van der Waals surface area contributed by atoms with Crippen LogP contribution in [0.1, 0.15) is 35.3 Å². The molecule has 0 atom stereocenters. The summed E-state index contributed by atoms with van der Waals surface area (Å²) in [4.78, 5) is 35.1. The average Bonchev–Trinajstić information content (AvgIpc) is 2.91. The van der Waals surface area contributed by atoms with Gasteiger partial charge >= 0.3 is 11.9 Å². The third kappa shape index (κ3) is 3.87. The predicted octanol–water partition coefficient (Wildman–Crippen LogP) is 3.43. The minimum atomic E-state index is -0.578. The number of ketones is 1. The molecule has 1 heterocycles. The first-order valence-corrected chi connectivity index (χ1v) is 8.03. The lowest BCUT2D eigenvalue weighted by molar-refractivity contribution is -0.142. The number of esters is 2. The summed E-state index contributed by atoms with van der Waals surface area (Å²) in [6.45, 7) is 2.20. The van der Waals surface area contributed by atoms with Crippen LogP contribution in [0.3, 0.4) is 0 Å². The number of rotatable bonds is 4. The fourth-order valence-electron chi connectivity index (χ4n) is 2.58. The fourth-order valence-corrected chi connectivity index (χ4v) is 2.58. The molecule has 0 unspecified atom stereocenters. The van der Waals surface area contributed by atoms with E-state index in [1.54, 1.807) is 6.07 Å². The van der Waals surface area contributed by atoms with Crippen molar-refractivity contribution in [1.29, 1.82) is 0 Å². The molecule has 0 saturated heterocycles. The summed E-state index contributed by atoms with van der Waals surface area (Å²) in [5, 5.41) is 0. The second-order valence-electron chi connectivity index (χ2n) is 5.75. The molecule has 0 radical (unpaired) electrons. The Bertz CT molecular complexity index is 976. The van der Waals surface area contributed by atoms with Gasteiger partial charge in [0, 0.05) is 19.4 Å². The van der Waals surface area contributed by atoms with Crippen LogP contribution in [0.5, 0.6) is 11.5 Å². The van der Waals surface area contributed by atoms with E-state index in [0.717, 1.165) is 0 Å². The largest absolute Gasteiger partial charge is 0.461 e. The molecular formula is C20H15FO6. The molecule has 27 heavy (non-hydrogen) atoms. The molecule has 3 rings (SSSR count). The summed E-state index contributed by atoms with van der Waals surface area (Å²) in [7, 11) is 0. The molecular weight excluding hydrogens is 355 g/mol. The second kappa shape index (κ2) is 7.41. The molecule has 1 aliphatic rings. The van der Waals surface area contributed by atoms with E-state index < -0.39 is 23.5 Å². The Kier molecular flexibility index (Phi) is 5.03. The van der Waals surface area contributed by atoms with Gasteiger partial charge < -0.3 is 14.2 Å². The number of carbonyl (C=O) groups excluding carboxylic acids is 3. The first-order valence-electron chi connectivity index (χ1n) is 8.03. The summed E-state index contributed by atoms with van der Waals surface area (Å²) >= 11 is 0. The van der Waals surface area contributed by atoms with Crippen LogP contribution in [0.25, 0.3) is 6.08 Å². The van der Waals surface area contributed by atoms with Gasteiger partial charge in [-0.2, -0.15) is 0 Å². The van der Waals surface area contributed by atoms with Gasteiger partial charge in [0.25, 0.3) is 0 Å². The third-order valence-corrected chi connectivity index (χ3v) is 3.76. The van der Waals surface area contributed by atoms with Gasteiger partial charge in [0.1, 0.15) is 23.9 Å². The molecule has 2 aromatic rings. The molecule has 138 valence electrons. The highest BCUT2D eigenvalue weighted by Crippen LogP contribution is 2.40. The van der Waals surface area contributed by atoms with E-state index in [4.69, 9.17) is 14.2 Å². The van der Waals surface area contributed by atoms with E-state index in [9.17, 15) is 18.8 Å². The number of benzene rings is 2. The van der Waals surface area contributed by atoms with Gasteiger partial charge in [-0.15, -0.1) is 0 Å². The zero-order valence-corrected chi connectivity index (χ0v) is 14.6. The van der Waals surface area contributed by atoms with Crippen molar-refractivity contribution < 1.29 is 33.0 Å². The first kappa shape index (κ1) is 18.3. The third-order valence-electron chi connectivity index (χ3n) is 3.76. The number of Topliss-reactive ketones (excluding diaryl/α,β-unsaturated/α-hetero) is 1. The van der Waals surface area contributed by atoms with E-state index in [1.165, 1.54) is 50.3 Å². The minimum absolute atomic E-state index is 0.0841. The molecule has 2 aromatic carbocycles. The zero-order valence-electron chi connectivity index (χ0n) is 14.6. The Morgan fingerprint density at radius 2 is 1.85 bits per heavy atom. The van der Waals surface area contributed by atoms with Gasteiger partial charge in [0.15, 0.2) is 5.76 Å². The summed E-state index contributed by atoms with van der Waals surface area (Å²) < 4.78 is 29.6.